The molecular formula is C20H20F2N2O3. The van der Waals surface area contributed by atoms with Crippen LogP contribution in [0, 0.1) is 11.6 Å². The van der Waals surface area contributed by atoms with Gasteiger partial charge in [0.25, 0.3) is 0 Å². The number of hydrogen-bond donors (Lipinski definition) is 0. The number of hydrogen-bond acceptors (Lipinski definition) is 4. The first-order chi connectivity index (χ1) is 13.1. The Labute approximate surface area is 156 Å². The number of halogens is 2. The number of oxime groups is 1. The summed E-state index contributed by atoms with van der Waals surface area (Å²) in [4.78, 5) is 19.3. The maximum Gasteiger partial charge on any atom is 0.248 e. The molecule has 1 amide bonds. The Morgan fingerprint density at radius 2 is 1.96 bits per heavy atom. The van der Waals surface area contributed by atoms with Crippen LogP contribution in [0.15, 0.2) is 53.7 Å². The highest BCUT2D eigenvalue weighted by Gasteiger charge is 2.27. The van der Waals surface area contributed by atoms with Crippen LogP contribution in [0.4, 0.5) is 8.78 Å². The van der Waals surface area contributed by atoms with Crippen molar-refractivity contribution in [3.8, 4) is 0 Å². The summed E-state index contributed by atoms with van der Waals surface area (Å²) in [5.74, 6) is -0.959. The standard InChI is InChI=1S/C20H20F2N2O3/c1-26-13-20(25)24(11-15-4-2-3-5-18(15)22)12-17-10-19(23-27-17)14-6-8-16(21)9-7-14/h2-9,17H,10-13H2,1H3. The number of rotatable bonds is 7. The van der Waals surface area contributed by atoms with E-state index in [1.54, 1.807) is 30.3 Å². The van der Waals surface area contributed by atoms with E-state index < -0.39 is 0 Å². The molecule has 2 aromatic rings. The Balaban J connectivity index is 1.67. The summed E-state index contributed by atoms with van der Waals surface area (Å²) < 4.78 is 32.0. The first kappa shape index (κ1) is 19.0. The van der Waals surface area contributed by atoms with Gasteiger partial charge < -0.3 is 14.5 Å². The summed E-state index contributed by atoms with van der Waals surface area (Å²) in [6, 6.07) is 12.3. The topological polar surface area (TPSA) is 51.1 Å². The molecule has 0 N–H and O–H groups in total. The minimum Gasteiger partial charge on any atom is -0.390 e. The lowest BCUT2D eigenvalue weighted by molar-refractivity contribution is -0.137. The fourth-order valence-corrected chi connectivity index (χ4v) is 2.89. The Morgan fingerprint density at radius 3 is 2.67 bits per heavy atom. The predicted molar refractivity (Wildman–Crippen MR) is 96.1 cm³/mol. The van der Waals surface area contributed by atoms with E-state index in [9.17, 15) is 13.6 Å². The number of nitrogens with zero attached hydrogens (tertiary/aromatic N) is 2. The van der Waals surface area contributed by atoms with Crippen LogP contribution in [0.5, 0.6) is 0 Å². The summed E-state index contributed by atoms with van der Waals surface area (Å²) >= 11 is 0. The largest absolute Gasteiger partial charge is 0.390 e. The highest BCUT2D eigenvalue weighted by atomic mass is 19.1. The van der Waals surface area contributed by atoms with Gasteiger partial charge in [0.1, 0.15) is 18.2 Å². The van der Waals surface area contributed by atoms with E-state index in [4.69, 9.17) is 9.57 Å². The zero-order valence-electron chi connectivity index (χ0n) is 14.9. The van der Waals surface area contributed by atoms with Gasteiger partial charge in [-0.3, -0.25) is 4.79 Å². The van der Waals surface area contributed by atoms with E-state index in [-0.39, 0.29) is 43.3 Å². The summed E-state index contributed by atoms with van der Waals surface area (Å²) in [7, 11) is 1.43. The molecule has 0 radical (unpaired) electrons. The second kappa shape index (κ2) is 8.73. The summed E-state index contributed by atoms with van der Waals surface area (Å²) in [6.45, 7) is 0.248. The van der Waals surface area contributed by atoms with Crippen molar-refractivity contribution in [3.05, 3.63) is 71.3 Å². The van der Waals surface area contributed by atoms with Gasteiger partial charge in [-0.05, 0) is 23.8 Å². The molecule has 2 aromatic carbocycles. The third-order valence-corrected chi connectivity index (χ3v) is 4.27. The normalized spacial score (nSPS) is 16.0. The third-order valence-electron chi connectivity index (χ3n) is 4.27. The Bertz CT molecular complexity index is 824. The lowest BCUT2D eigenvalue weighted by atomic mass is 10.0. The van der Waals surface area contributed by atoms with E-state index in [0.29, 0.717) is 17.7 Å². The van der Waals surface area contributed by atoms with E-state index in [1.165, 1.54) is 30.2 Å². The van der Waals surface area contributed by atoms with Gasteiger partial charge in [0.05, 0.1) is 12.3 Å². The maximum atomic E-state index is 14.0. The lowest BCUT2D eigenvalue weighted by Crippen LogP contribution is -2.39. The fourth-order valence-electron chi connectivity index (χ4n) is 2.89. The molecule has 0 saturated heterocycles. The Morgan fingerprint density at radius 1 is 1.22 bits per heavy atom. The van der Waals surface area contributed by atoms with Crippen molar-refractivity contribution in [2.24, 2.45) is 5.16 Å². The molecule has 0 saturated carbocycles. The van der Waals surface area contributed by atoms with Gasteiger partial charge in [-0.1, -0.05) is 35.5 Å². The Kier molecular flexibility index (Phi) is 6.13. The molecule has 1 aliphatic heterocycles. The Hall–Kier alpha value is -2.80. The van der Waals surface area contributed by atoms with Crippen LogP contribution in [-0.4, -0.2) is 42.9 Å². The quantitative estimate of drug-likeness (QED) is 0.748. The van der Waals surface area contributed by atoms with Gasteiger partial charge in [0.2, 0.25) is 5.91 Å². The average molecular weight is 374 g/mol. The highest BCUT2D eigenvalue weighted by molar-refractivity contribution is 6.01. The SMILES string of the molecule is COCC(=O)N(Cc1ccccc1F)CC1CC(c2ccc(F)cc2)=NO1. The highest BCUT2D eigenvalue weighted by Crippen LogP contribution is 2.19. The third kappa shape index (κ3) is 4.89. The molecule has 5 nitrogen and oxygen atoms in total. The molecule has 1 heterocycles. The van der Waals surface area contributed by atoms with Crippen molar-refractivity contribution in [3.63, 3.8) is 0 Å². The molecule has 0 aliphatic carbocycles. The van der Waals surface area contributed by atoms with E-state index in [0.717, 1.165) is 5.56 Å². The number of ether oxygens (including phenoxy) is 1. The van der Waals surface area contributed by atoms with Gasteiger partial charge >= 0.3 is 0 Å². The summed E-state index contributed by atoms with van der Waals surface area (Å²) in [6.07, 6.45) is 0.109. The number of carbonyl (C=O) groups is 1. The molecular weight excluding hydrogens is 354 g/mol. The van der Waals surface area contributed by atoms with Crippen molar-refractivity contribution in [2.75, 3.05) is 20.3 Å². The van der Waals surface area contributed by atoms with Crippen molar-refractivity contribution in [1.82, 2.24) is 4.90 Å². The molecule has 0 spiro atoms. The molecule has 1 atom stereocenters. The van der Waals surface area contributed by atoms with Crippen molar-refractivity contribution in [2.45, 2.75) is 19.1 Å². The first-order valence-corrected chi connectivity index (χ1v) is 8.55. The second-order valence-corrected chi connectivity index (χ2v) is 6.28. The molecule has 7 heteroatoms. The number of benzene rings is 2. The molecule has 3 rings (SSSR count). The number of methoxy groups -OCH3 is 1. The number of carbonyl (C=O) groups excluding carboxylic acids is 1. The zero-order valence-corrected chi connectivity index (χ0v) is 14.9. The van der Waals surface area contributed by atoms with Gasteiger partial charge in [0.15, 0.2) is 6.10 Å². The maximum absolute atomic E-state index is 14.0. The van der Waals surface area contributed by atoms with Gasteiger partial charge in [-0.25, -0.2) is 8.78 Å². The number of amides is 1. The van der Waals surface area contributed by atoms with Crippen LogP contribution in [0.1, 0.15) is 17.5 Å². The van der Waals surface area contributed by atoms with E-state index in [1.807, 2.05) is 0 Å². The first-order valence-electron chi connectivity index (χ1n) is 8.55. The van der Waals surface area contributed by atoms with E-state index >= 15 is 0 Å². The lowest BCUT2D eigenvalue weighted by Gasteiger charge is -2.25. The van der Waals surface area contributed by atoms with Gasteiger partial charge in [0, 0.05) is 25.6 Å². The molecule has 0 aromatic heterocycles. The van der Waals surface area contributed by atoms with Crippen LogP contribution in [0.2, 0.25) is 0 Å². The smallest absolute Gasteiger partial charge is 0.248 e. The van der Waals surface area contributed by atoms with Crippen molar-refractivity contribution < 1.29 is 23.1 Å². The van der Waals surface area contributed by atoms with E-state index in [2.05, 4.69) is 5.16 Å². The van der Waals surface area contributed by atoms with Crippen LogP contribution < -0.4 is 0 Å². The van der Waals surface area contributed by atoms with Crippen LogP contribution in [-0.2, 0) is 20.9 Å². The van der Waals surface area contributed by atoms with Crippen molar-refractivity contribution >= 4 is 11.6 Å². The molecule has 27 heavy (non-hydrogen) atoms. The summed E-state index contributed by atoms with van der Waals surface area (Å²) in [5.41, 5.74) is 1.87. The van der Waals surface area contributed by atoms with Crippen LogP contribution in [0.3, 0.4) is 0 Å². The molecule has 0 fully saturated rings. The van der Waals surface area contributed by atoms with Crippen LogP contribution in [0.25, 0.3) is 0 Å². The second-order valence-electron chi connectivity index (χ2n) is 6.28. The molecule has 1 unspecified atom stereocenters. The van der Waals surface area contributed by atoms with Crippen LogP contribution >= 0.6 is 0 Å². The zero-order chi connectivity index (χ0) is 19.2. The molecule has 1 aliphatic rings. The minimum absolute atomic E-state index is 0.104. The monoisotopic (exact) mass is 374 g/mol. The molecule has 142 valence electrons. The average Bonchev–Trinajstić information content (AvgIpc) is 3.12. The van der Waals surface area contributed by atoms with Gasteiger partial charge in [-0.15, -0.1) is 0 Å². The minimum atomic E-state index is -0.372. The molecule has 0 bridgehead atoms. The summed E-state index contributed by atoms with van der Waals surface area (Å²) in [5, 5.41) is 4.05. The van der Waals surface area contributed by atoms with Gasteiger partial charge in [-0.2, -0.15) is 0 Å². The van der Waals surface area contributed by atoms with Crippen molar-refractivity contribution in [1.29, 1.82) is 0 Å². The predicted octanol–water partition coefficient (Wildman–Crippen LogP) is 3.13. The fraction of sp³-hybridized carbons (Fsp3) is 0.300.